The molecule has 1 aliphatic heterocycles. The maximum atomic E-state index is 5.40. The summed E-state index contributed by atoms with van der Waals surface area (Å²) < 4.78 is 6.17. The van der Waals surface area contributed by atoms with Crippen molar-refractivity contribution in [3.05, 3.63) is 46.7 Å². The van der Waals surface area contributed by atoms with Crippen LogP contribution in [0.3, 0.4) is 0 Å². The van der Waals surface area contributed by atoms with Gasteiger partial charge in [0.1, 0.15) is 5.82 Å². The number of hydrogen-bond acceptors (Lipinski definition) is 7. The van der Waals surface area contributed by atoms with Gasteiger partial charge in [0.2, 0.25) is 5.95 Å². The van der Waals surface area contributed by atoms with Gasteiger partial charge in [-0.15, -0.1) is 0 Å². The maximum Gasteiger partial charge on any atom is 0.229 e. The topological polar surface area (TPSA) is 91.0 Å². The number of hydrogen-bond donors (Lipinski definition) is 3. The van der Waals surface area contributed by atoms with Gasteiger partial charge in [-0.05, 0) is 47.1 Å². The van der Waals surface area contributed by atoms with Crippen molar-refractivity contribution in [2.45, 2.75) is 6.92 Å². The second-order valence-corrected chi connectivity index (χ2v) is 7.06. The van der Waals surface area contributed by atoms with E-state index in [1.165, 1.54) is 5.69 Å². The van der Waals surface area contributed by atoms with Crippen molar-refractivity contribution < 1.29 is 4.74 Å². The molecule has 140 valence electrons. The number of ether oxygens (including phenoxy) is 1. The summed E-state index contributed by atoms with van der Waals surface area (Å²) >= 11 is 3.47. The van der Waals surface area contributed by atoms with Crippen LogP contribution in [-0.4, -0.2) is 46.5 Å². The fourth-order valence-corrected chi connectivity index (χ4v) is 3.12. The van der Waals surface area contributed by atoms with Gasteiger partial charge in [-0.2, -0.15) is 10.1 Å². The van der Waals surface area contributed by atoms with Crippen molar-refractivity contribution in [1.82, 2.24) is 20.2 Å². The highest BCUT2D eigenvalue weighted by Crippen LogP contribution is 2.25. The Morgan fingerprint density at radius 1 is 1.15 bits per heavy atom. The van der Waals surface area contributed by atoms with Gasteiger partial charge in [0.25, 0.3) is 0 Å². The van der Waals surface area contributed by atoms with E-state index in [-0.39, 0.29) is 0 Å². The molecule has 8 nitrogen and oxygen atoms in total. The first kappa shape index (κ1) is 17.7. The van der Waals surface area contributed by atoms with Gasteiger partial charge in [-0.25, -0.2) is 4.98 Å². The van der Waals surface area contributed by atoms with Gasteiger partial charge < -0.3 is 20.3 Å². The predicted octanol–water partition coefficient (Wildman–Crippen LogP) is 3.59. The zero-order valence-corrected chi connectivity index (χ0v) is 16.5. The first-order chi connectivity index (χ1) is 13.2. The van der Waals surface area contributed by atoms with Crippen LogP contribution in [-0.2, 0) is 4.74 Å². The number of nitrogens with zero attached hydrogens (tertiary/aromatic N) is 4. The number of aromatic amines is 1. The first-order valence-corrected chi connectivity index (χ1v) is 9.48. The number of halogens is 1. The van der Waals surface area contributed by atoms with Crippen LogP contribution in [0.15, 0.2) is 41.0 Å². The molecule has 4 rings (SSSR count). The van der Waals surface area contributed by atoms with Crippen LogP contribution in [0.25, 0.3) is 0 Å². The summed E-state index contributed by atoms with van der Waals surface area (Å²) in [4.78, 5) is 11.2. The fraction of sp³-hybridized carbons (Fsp3) is 0.278. The molecule has 9 heteroatoms. The molecule has 0 aliphatic carbocycles. The van der Waals surface area contributed by atoms with Crippen LogP contribution in [0.2, 0.25) is 0 Å². The average Bonchev–Trinajstić information content (AvgIpc) is 3.10. The fourth-order valence-electron chi connectivity index (χ4n) is 2.83. The summed E-state index contributed by atoms with van der Waals surface area (Å²) in [5, 5.41) is 13.5. The van der Waals surface area contributed by atoms with Gasteiger partial charge in [-0.1, -0.05) is 0 Å². The molecule has 0 radical (unpaired) electrons. The summed E-state index contributed by atoms with van der Waals surface area (Å²) in [7, 11) is 0. The van der Waals surface area contributed by atoms with Crippen molar-refractivity contribution in [3.63, 3.8) is 0 Å². The maximum absolute atomic E-state index is 5.40. The molecule has 3 aromatic rings. The van der Waals surface area contributed by atoms with E-state index in [1.807, 2.05) is 25.1 Å². The summed E-state index contributed by atoms with van der Waals surface area (Å²) in [6, 6.07) is 10.2. The second-order valence-electron chi connectivity index (χ2n) is 6.21. The van der Waals surface area contributed by atoms with E-state index < -0.39 is 0 Å². The molecule has 2 aromatic heterocycles. The minimum absolute atomic E-state index is 0.510. The number of rotatable bonds is 5. The van der Waals surface area contributed by atoms with Crippen LogP contribution in [0, 0.1) is 6.92 Å². The molecule has 0 bridgehead atoms. The highest BCUT2D eigenvalue weighted by Gasteiger charge is 2.11. The van der Waals surface area contributed by atoms with E-state index in [9.17, 15) is 0 Å². The van der Waals surface area contributed by atoms with E-state index in [0.29, 0.717) is 11.8 Å². The Hall–Kier alpha value is -2.65. The predicted molar refractivity (Wildman–Crippen MR) is 109 cm³/mol. The van der Waals surface area contributed by atoms with Gasteiger partial charge in [0, 0.05) is 36.7 Å². The largest absolute Gasteiger partial charge is 0.378 e. The number of aromatic nitrogens is 4. The third-order valence-corrected chi connectivity index (χ3v) is 4.78. The van der Waals surface area contributed by atoms with E-state index in [4.69, 9.17) is 4.74 Å². The highest BCUT2D eigenvalue weighted by molar-refractivity contribution is 9.10. The molecule has 0 amide bonds. The Balaban J connectivity index is 1.46. The highest BCUT2D eigenvalue weighted by atomic mass is 79.9. The molecule has 3 N–H and O–H groups in total. The Morgan fingerprint density at radius 2 is 1.93 bits per heavy atom. The minimum atomic E-state index is 0.510. The van der Waals surface area contributed by atoms with Crippen LogP contribution in [0.4, 0.5) is 29.0 Å². The van der Waals surface area contributed by atoms with E-state index in [1.54, 1.807) is 6.20 Å². The lowest BCUT2D eigenvalue weighted by Gasteiger charge is -2.28. The summed E-state index contributed by atoms with van der Waals surface area (Å²) in [5.41, 5.74) is 3.02. The van der Waals surface area contributed by atoms with Gasteiger partial charge in [0.15, 0.2) is 5.82 Å². The lowest BCUT2D eigenvalue weighted by Crippen LogP contribution is -2.36. The average molecular weight is 430 g/mol. The van der Waals surface area contributed by atoms with Crippen molar-refractivity contribution in [2.24, 2.45) is 0 Å². The quantitative estimate of drug-likeness (QED) is 0.570. The Labute approximate surface area is 165 Å². The van der Waals surface area contributed by atoms with Gasteiger partial charge >= 0.3 is 0 Å². The monoisotopic (exact) mass is 429 g/mol. The number of morpholine rings is 1. The molecule has 3 heterocycles. The van der Waals surface area contributed by atoms with Crippen LogP contribution >= 0.6 is 15.9 Å². The molecule has 1 fully saturated rings. The Kier molecular flexibility index (Phi) is 5.21. The zero-order chi connectivity index (χ0) is 18.6. The number of aryl methyl sites for hydroxylation is 1. The van der Waals surface area contributed by atoms with Gasteiger partial charge in [-0.3, -0.25) is 5.10 Å². The standard InChI is InChI=1S/C18H20BrN7O/c1-12-10-16(25-24-12)22-17-15(19)11-20-18(23-17)21-13-2-4-14(5-3-13)26-6-8-27-9-7-26/h2-5,10-11H,6-9H2,1H3,(H3,20,21,22,23,24,25). The van der Waals surface area contributed by atoms with E-state index in [2.05, 4.69) is 63.8 Å². The SMILES string of the molecule is Cc1cc(Nc2nc(Nc3ccc(N4CCOCC4)cc3)ncc2Br)[nH]n1. The molecule has 0 saturated carbocycles. The summed E-state index contributed by atoms with van der Waals surface area (Å²) in [5.74, 6) is 1.94. The summed E-state index contributed by atoms with van der Waals surface area (Å²) in [6.45, 7) is 5.32. The molecule has 1 aromatic carbocycles. The van der Waals surface area contributed by atoms with Crippen LogP contribution in [0.5, 0.6) is 0 Å². The van der Waals surface area contributed by atoms with E-state index >= 15 is 0 Å². The van der Waals surface area contributed by atoms with Crippen LogP contribution in [0.1, 0.15) is 5.69 Å². The molecule has 1 aliphatic rings. The first-order valence-electron chi connectivity index (χ1n) is 8.69. The summed E-state index contributed by atoms with van der Waals surface area (Å²) in [6.07, 6.45) is 1.71. The molecular formula is C18H20BrN7O. The third-order valence-electron chi connectivity index (χ3n) is 4.20. The van der Waals surface area contributed by atoms with E-state index in [0.717, 1.165) is 48.0 Å². The second kappa shape index (κ2) is 7.93. The zero-order valence-electron chi connectivity index (χ0n) is 14.9. The van der Waals surface area contributed by atoms with Gasteiger partial charge in [0.05, 0.1) is 23.4 Å². The minimum Gasteiger partial charge on any atom is -0.378 e. The number of anilines is 5. The van der Waals surface area contributed by atoms with Crippen LogP contribution < -0.4 is 15.5 Å². The molecule has 0 atom stereocenters. The van der Waals surface area contributed by atoms with Crippen molar-refractivity contribution in [3.8, 4) is 0 Å². The van der Waals surface area contributed by atoms with Crippen molar-refractivity contribution >= 4 is 44.9 Å². The number of H-pyrrole nitrogens is 1. The molecule has 27 heavy (non-hydrogen) atoms. The lowest BCUT2D eigenvalue weighted by molar-refractivity contribution is 0.122. The van der Waals surface area contributed by atoms with Crippen molar-refractivity contribution in [2.75, 3.05) is 41.8 Å². The van der Waals surface area contributed by atoms with Crippen molar-refractivity contribution in [1.29, 1.82) is 0 Å². The smallest absolute Gasteiger partial charge is 0.229 e. The Morgan fingerprint density at radius 3 is 2.63 bits per heavy atom. The number of nitrogens with one attached hydrogen (secondary N) is 3. The normalized spacial score (nSPS) is 14.2. The molecule has 1 saturated heterocycles. The lowest BCUT2D eigenvalue weighted by atomic mass is 10.2. The molecular weight excluding hydrogens is 410 g/mol. The molecule has 0 spiro atoms. The number of benzene rings is 1. The Bertz CT molecular complexity index is 906. The molecule has 0 unspecified atom stereocenters. The third kappa shape index (κ3) is 4.37.